The third-order valence-corrected chi connectivity index (χ3v) is 4.35. The molecule has 0 fully saturated rings. The summed E-state index contributed by atoms with van der Waals surface area (Å²) in [5.74, 6) is -10.5. The summed E-state index contributed by atoms with van der Waals surface area (Å²) in [6, 6.07) is 0. The smallest absolute Gasteiger partial charge is 0.216 e. The molecule has 0 aromatic carbocycles. The van der Waals surface area contributed by atoms with Gasteiger partial charge in [0.25, 0.3) is 0 Å². The lowest BCUT2D eigenvalue weighted by Crippen LogP contribution is -2.59. The molecule has 0 rings (SSSR count). The largest absolute Gasteiger partial charge is 0.360 e. The van der Waals surface area contributed by atoms with Crippen molar-refractivity contribution >= 4 is 38.5 Å². The van der Waals surface area contributed by atoms with E-state index in [1.54, 1.807) is 0 Å². The van der Waals surface area contributed by atoms with E-state index in [0.717, 1.165) is 6.08 Å². The van der Waals surface area contributed by atoms with Crippen LogP contribution in [0, 0.1) is 0 Å². The van der Waals surface area contributed by atoms with Gasteiger partial charge in [0.1, 0.15) is 0 Å². The molecule has 1 unspecified atom stereocenters. The molecule has 17 heavy (non-hydrogen) atoms. The van der Waals surface area contributed by atoms with Gasteiger partial charge in [-0.2, -0.15) is 26.3 Å². The highest BCUT2D eigenvalue weighted by Gasteiger charge is 2.77. The molecule has 0 aliphatic rings. The normalized spacial score (nSPS) is 17.7. The van der Waals surface area contributed by atoms with E-state index in [1.807, 2.05) is 0 Å². The summed E-state index contributed by atoms with van der Waals surface area (Å²) in [6.07, 6.45) is -1.13. The van der Waals surface area contributed by atoms with Gasteiger partial charge < -0.3 is 0 Å². The van der Waals surface area contributed by atoms with E-state index in [4.69, 9.17) is 0 Å². The first-order chi connectivity index (χ1) is 7.31. The number of halogens is 9. The van der Waals surface area contributed by atoms with Crippen LogP contribution in [0.15, 0.2) is 12.7 Å². The number of hydrogen-bond acceptors (Lipinski definition) is 0. The standard InChI is InChI=1S/C8H7BrF7I/c1-2-3-4-5(10,11)7(13,14)6(9,12)8(15,16)17/h2H,1,3-4H2. The maximum Gasteiger partial charge on any atom is 0.360 e. The van der Waals surface area contributed by atoms with E-state index in [1.165, 1.54) is 15.9 Å². The van der Waals surface area contributed by atoms with Crippen LogP contribution in [-0.4, -0.2) is 20.4 Å². The Kier molecular flexibility index (Phi) is 5.36. The monoisotopic (exact) mass is 442 g/mol. The van der Waals surface area contributed by atoms with Gasteiger partial charge in [0, 0.05) is 29.0 Å². The number of rotatable bonds is 6. The summed E-state index contributed by atoms with van der Waals surface area (Å²) >= 11 is 1.41. The fourth-order valence-corrected chi connectivity index (χ4v) is 1.48. The van der Waals surface area contributed by atoms with Crippen LogP contribution in [0.3, 0.4) is 0 Å². The molecular formula is C8H7BrF7I. The maximum atomic E-state index is 13.2. The average molecular weight is 443 g/mol. The topological polar surface area (TPSA) is 0 Å². The van der Waals surface area contributed by atoms with Gasteiger partial charge in [-0.25, -0.2) is 4.39 Å². The third kappa shape index (κ3) is 3.27. The van der Waals surface area contributed by atoms with E-state index >= 15 is 0 Å². The molecule has 0 radical (unpaired) electrons. The van der Waals surface area contributed by atoms with E-state index in [-0.39, 0.29) is 22.6 Å². The van der Waals surface area contributed by atoms with Crippen LogP contribution in [0.1, 0.15) is 12.8 Å². The predicted octanol–water partition coefficient (Wildman–Crippen LogP) is 5.31. The molecule has 0 saturated heterocycles. The van der Waals surface area contributed by atoms with Crippen molar-refractivity contribution in [3.8, 4) is 0 Å². The third-order valence-electron chi connectivity index (χ3n) is 1.87. The Balaban J connectivity index is 5.31. The zero-order valence-corrected chi connectivity index (χ0v) is 11.8. The SMILES string of the molecule is C=CCCC(F)(F)C(F)(F)C(F)(Br)C(F)(F)I. The zero-order valence-electron chi connectivity index (χ0n) is 8.10. The molecule has 0 saturated carbocycles. The second-order valence-corrected chi connectivity index (χ2v) is 5.63. The van der Waals surface area contributed by atoms with Crippen molar-refractivity contribution in [1.29, 1.82) is 0 Å². The lowest BCUT2D eigenvalue weighted by atomic mass is 10.0. The molecule has 0 spiro atoms. The van der Waals surface area contributed by atoms with Gasteiger partial charge >= 0.3 is 20.4 Å². The number of allylic oxidation sites excluding steroid dienone is 1. The van der Waals surface area contributed by atoms with Gasteiger partial charge in [-0.1, -0.05) is 6.08 Å². The second-order valence-electron chi connectivity index (χ2n) is 3.18. The van der Waals surface area contributed by atoms with Crippen molar-refractivity contribution in [2.75, 3.05) is 0 Å². The molecule has 0 aliphatic heterocycles. The summed E-state index contributed by atoms with van der Waals surface area (Å²) < 4.78 is 81.1. The van der Waals surface area contributed by atoms with Crippen molar-refractivity contribution in [2.45, 2.75) is 33.2 Å². The molecule has 0 heterocycles. The lowest BCUT2D eigenvalue weighted by Gasteiger charge is -2.36. The number of alkyl halides is 9. The summed E-state index contributed by atoms with van der Waals surface area (Å²) in [5.41, 5.74) is 0. The fourth-order valence-electron chi connectivity index (χ4n) is 0.848. The van der Waals surface area contributed by atoms with Gasteiger partial charge in [-0.05, 0) is 22.4 Å². The number of hydrogen-bond donors (Lipinski definition) is 0. The minimum absolute atomic E-state index is 0.0336. The Morgan fingerprint density at radius 1 is 1.06 bits per heavy atom. The van der Waals surface area contributed by atoms with Crippen LogP contribution < -0.4 is 0 Å². The van der Waals surface area contributed by atoms with E-state index in [2.05, 4.69) is 6.58 Å². The van der Waals surface area contributed by atoms with Gasteiger partial charge in [-0.3, -0.25) is 0 Å². The van der Waals surface area contributed by atoms with Crippen molar-refractivity contribution < 1.29 is 30.7 Å². The van der Waals surface area contributed by atoms with Crippen LogP contribution in [0.5, 0.6) is 0 Å². The van der Waals surface area contributed by atoms with Crippen LogP contribution >= 0.6 is 38.5 Å². The lowest BCUT2D eigenvalue weighted by molar-refractivity contribution is -0.270. The molecule has 102 valence electrons. The minimum atomic E-state index is -5.56. The highest BCUT2D eigenvalue weighted by molar-refractivity contribution is 14.1. The Morgan fingerprint density at radius 2 is 1.47 bits per heavy atom. The maximum absolute atomic E-state index is 13.2. The Morgan fingerprint density at radius 3 is 1.76 bits per heavy atom. The van der Waals surface area contributed by atoms with E-state index < -0.39 is 33.2 Å². The average Bonchev–Trinajstić information content (AvgIpc) is 2.12. The fraction of sp³-hybridized carbons (Fsp3) is 0.750. The molecule has 0 amide bonds. The Bertz CT molecular complexity index is 284. The summed E-state index contributed by atoms with van der Waals surface area (Å²) in [6.45, 7) is 3.02. The van der Waals surface area contributed by atoms with Gasteiger partial charge in [-0.15, -0.1) is 6.58 Å². The van der Waals surface area contributed by atoms with Crippen LogP contribution in [0.25, 0.3) is 0 Å². The molecule has 0 nitrogen and oxygen atoms in total. The molecule has 1 atom stereocenters. The van der Waals surface area contributed by atoms with E-state index in [0.29, 0.717) is 0 Å². The highest BCUT2D eigenvalue weighted by atomic mass is 127. The van der Waals surface area contributed by atoms with Gasteiger partial charge in [0.05, 0.1) is 0 Å². The summed E-state index contributed by atoms with van der Waals surface area (Å²) in [5, 5.41) is 0. The molecule has 0 aliphatic carbocycles. The van der Waals surface area contributed by atoms with Crippen molar-refractivity contribution in [3.05, 3.63) is 12.7 Å². The zero-order chi connectivity index (χ0) is 14.1. The quantitative estimate of drug-likeness (QED) is 0.226. The van der Waals surface area contributed by atoms with Gasteiger partial charge in [0.2, 0.25) is 0 Å². The second kappa shape index (κ2) is 5.22. The molecule has 0 aromatic heterocycles. The van der Waals surface area contributed by atoms with Crippen LogP contribution in [-0.2, 0) is 0 Å². The highest BCUT2D eigenvalue weighted by Crippen LogP contribution is 2.58. The molecule has 0 aromatic rings. The van der Waals surface area contributed by atoms with Crippen molar-refractivity contribution in [1.82, 2.24) is 0 Å². The van der Waals surface area contributed by atoms with Crippen molar-refractivity contribution in [3.63, 3.8) is 0 Å². The van der Waals surface area contributed by atoms with Crippen LogP contribution in [0.2, 0.25) is 0 Å². The predicted molar refractivity (Wildman–Crippen MR) is 61.1 cm³/mol. The summed E-state index contributed by atoms with van der Waals surface area (Å²) in [4.78, 5) is 0. The minimum Gasteiger partial charge on any atom is -0.216 e. The Labute approximate surface area is 115 Å². The first kappa shape index (κ1) is 17.5. The summed E-state index contributed by atoms with van der Waals surface area (Å²) in [7, 11) is 0. The van der Waals surface area contributed by atoms with Crippen LogP contribution in [0.4, 0.5) is 30.7 Å². The molecule has 0 N–H and O–H groups in total. The van der Waals surface area contributed by atoms with Crippen molar-refractivity contribution in [2.24, 2.45) is 0 Å². The molecular weight excluding hydrogens is 436 g/mol. The first-order valence-corrected chi connectivity index (χ1v) is 5.99. The van der Waals surface area contributed by atoms with Gasteiger partial charge in [0.15, 0.2) is 0 Å². The first-order valence-electron chi connectivity index (χ1n) is 4.12. The Hall–Kier alpha value is 0.460. The molecule has 9 heteroatoms. The van der Waals surface area contributed by atoms with E-state index in [9.17, 15) is 30.7 Å². The molecule has 0 bridgehead atoms.